The molecule has 1 aliphatic heterocycles. The fourth-order valence-corrected chi connectivity index (χ4v) is 2.68. The molecule has 0 saturated carbocycles. The number of imidazole rings is 1. The Labute approximate surface area is 135 Å². The van der Waals surface area contributed by atoms with Gasteiger partial charge >= 0.3 is 6.09 Å². The molecular formula is C16H23N5O2. The molecule has 0 bridgehead atoms. The summed E-state index contributed by atoms with van der Waals surface area (Å²) in [5, 5.41) is 0. The van der Waals surface area contributed by atoms with Crippen LogP contribution in [0.3, 0.4) is 0 Å². The summed E-state index contributed by atoms with van der Waals surface area (Å²) in [6.07, 6.45) is 5.41. The van der Waals surface area contributed by atoms with E-state index in [0.29, 0.717) is 13.1 Å². The first kappa shape index (κ1) is 15.6. The molecular weight excluding hydrogens is 294 g/mol. The second-order valence-electron chi connectivity index (χ2n) is 6.82. The van der Waals surface area contributed by atoms with E-state index in [9.17, 15) is 4.79 Å². The molecule has 2 aromatic rings. The van der Waals surface area contributed by atoms with E-state index in [1.54, 1.807) is 11.1 Å². The highest BCUT2D eigenvalue weighted by Gasteiger charge is 2.27. The number of aromatic nitrogens is 3. The number of hydrogen-bond acceptors (Lipinski definition) is 5. The SMILES string of the molecule is Cc1cn2ccnc2c(N2CCN(C(=O)OC(C)(C)C)CC2)n1. The summed E-state index contributed by atoms with van der Waals surface area (Å²) in [7, 11) is 0. The summed E-state index contributed by atoms with van der Waals surface area (Å²) in [6.45, 7) is 10.3. The van der Waals surface area contributed by atoms with Crippen LogP contribution >= 0.6 is 0 Å². The minimum Gasteiger partial charge on any atom is -0.444 e. The van der Waals surface area contributed by atoms with E-state index in [2.05, 4.69) is 14.9 Å². The van der Waals surface area contributed by atoms with Gasteiger partial charge in [0.2, 0.25) is 0 Å². The summed E-state index contributed by atoms with van der Waals surface area (Å²) < 4.78 is 7.42. The van der Waals surface area contributed by atoms with Gasteiger partial charge in [-0.2, -0.15) is 0 Å². The highest BCUT2D eigenvalue weighted by Crippen LogP contribution is 2.20. The largest absolute Gasteiger partial charge is 0.444 e. The molecule has 0 radical (unpaired) electrons. The zero-order chi connectivity index (χ0) is 16.6. The molecule has 1 saturated heterocycles. The van der Waals surface area contributed by atoms with E-state index in [4.69, 9.17) is 4.74 Å². The van der Waals surface area contributed by atoms with Crippen molar-refractivity contribution in [1.82, 2.24) is 19.3 Å². The second-order valence-corrected chi connectivity index (χ2v) is 6.82. The van der Waals surface area contributed by atoms with Gasteiger partial charge in [-0.1, -0.05) is 0 Å². The van der Waals surface area contributed by atoms with Crippen molar-refractivity contribution in [3.05, 3.63) is 24.3 Å². The van der Waals surface area contributed by atoms with Crippen molar-refractivity contribution in [2.45, 2.75) is 33.3 Å². The monoisotopic (exact) mass is 317 g/mol. The Morgan fingerprint density at radius 1 is 1.22 bits per heavy atom. The van der Waals surface area contributed by atoms with Crippen LogP contribution in [0.15, 0.2) is 18.6 Å². The molecule has 3 heterocycles. The van der Waals surface area contributed by atoms with Gasteiger partial charge in [0, 0.05) is 44.8 Å². The van der Waals surface area contributed by atoms with Crippen molar-refractivity contribution in [3.63, 3.8) is 0 Å². The summed E-state index contributed by atoms with van der Waals surface area (Å²) >= 11 is 0. The van der Waals surface area contributed by atoms with E-state index in [1.165, 1.54) is 0 Å². The number of anilines is 1. The quantitative estimate of drug-likeness (QED) is 0.806. The third-order valence-electron chi connectivity index (χ3n) is 3.71. The molecule has 124 valence electrons. The van der Waals surface area contributed by atoms with Crippen LogP contribution in [-0.2, 0) is 4.74 Å². The zero-order valence-corrected chi connectivity index (χ0v) is 14.1. The summed E-state index contributed by atoms with van der Waals surface area (Å²) in [6, 6.07) is 0. The highest BCUT2D eigenvalue weighted by molar-refractivity contribution is 5.69. The molecule has 0 spiro atoms. The lowest BCUT2D eigenvalue weighted by Crippen LogP contribution is -2.50. The first-order valence-electron chi connectivity index (χ1n) is 7.87. The maximum atomic E-state index is 12.1. The Bertz CT molecular complexity index is 711. The van der Waals surface area contributed by atoms with Crippen LogP contribution in [0.2, 0.25) is 0 Å². The zero-order valence-electron chi connectivity index (χ0n) is 14.1. The maximum Gasteiger partial charge on any atom is 0.410 e. The summed E-state index contributed by atoms with van der Waals surface area (Å²) in [5.74, 6) is 0.874. The number of fused-ring (bicyclic) bond motifs is 1. The molecule has 0 aromatic carbocycles. The van der Waals surface area contributed by atoms with E-state index < -0.39 is 5.60 Å². The summed E-state index contributed by atoms with van der Waals surface area (Å²) in [5.41, 5.74) is 1.33. The number of piperazine rings is 1. The molecule has 23 heavy (non-hydrogen) atoms. The van der Waals surface area contributed by atoms with E-state index >= 15 is 0 Å². The Balaban J connectivity index is 1.71. The molecule has 1 amide bonds. The van der Waals surface area contributed by atoms with Gasteiger partial charge in [-0.05, 0) is 27.7 Å². The molecule has 0 aliphatic carbocycles. The Hall–Kier alpha value is -2.31. The first-order valence-corrected chi connectivity index (χ1v) is 7.87. The van der Waals surface area contributed by atoms with E-state index in [0.717, 1.165) is 30.2 Å². The number of rotatable bonds is 1. The fourth-order valence-electron chi connectivity index (χ4n) is 2.68. The maximum absolute atomic E-state index is 12.1. The minimum absolute atomic E-state index is 0.250. The molecule has 0 unspecified atom stereocenters. The molecule has 3 rings (SSSR count). The normalized spacial score (nSPS) is 16.0. The van der Waals surface area contributed by atoms with Gasteiger partial charge in [0.25, 0.3) is 0 Å². The lowest BCUT2D eigenvalue weighted by Gasteiger charge is -2.36. The van der Waals surface area contributed by atoms with Gasteiger partial charge in [-0.25, -0.2) is 14.8 Å². The predicted molar refractivity (Wildman–Crippen MR) is 87.7 cm³/mol. The van der Waals surface area contributed by atoms with Gasteiger partial charge in [0.05, 0.1) is 5.69 Å². The van der Waals surface area contributed by atoms with Crippen molar-refractivity contribution in [2.24, 2.45) is 0 Å². The predicted octanol–water partition coefficient (Wildman–Crippen LogP) is 2.09. The van der Waals surface area contributed by atoms with Crippen LogP contribution in [0, 0.1) is 6.92 Å². The van der Waals surface area contributed by atoms with Crippen LogP contribution in [0.5, 0.6) is 0 Å². The second kappa shape index (κ2) is 5.72. The van der Waals surface area contributed by atoms with Gasteiger partial charge in [-0.3, -0.25) is 0 Å². The molecule has 0 N–H and O–H groups in total. The van der Waals surface area contributed by atoms with Crippen LogP contribution < -0.4 is 4.90 Å². The smallest absolute Gasteiger partial charge is 0.410 e. The average Bonchev–Trinajstić information content (AvgIpc) is 2.93. The number of amides is 1. The number of carbonyl (C=O) groups is 1. The van der Waals surface area contributed by atoms with Gasteiger partial charge in [0.1, 0.15) is 5.60 Å². The van der Waals surface area contributed by atoms with E-state index in [1.807, 2.05) is 44.5 Å². The third-order valence-corrected chi connectivity index (χ3v) is 3.71. The lowest BCUT2D eigenvalue weighted by molar-refractivity contribution is 0.0240. The Morgan fingerprint density at radius 2 is 1.91 bits per heavy atom. The fraction of sp³-hybridized carbons (Fsp3) is 0.562. The number of ether oxygens (including phenoxy) is 1. The number of aryl methyl sites for hydroxylation is 1. The van der Waals surface area contributed by atoms with Crippen molar-refractivity contribution < 1.29 is 9.53 Å². The number of nitrogens with zero attached hydrogens (tertiary/aromatic N) is 5. The van der Waals surface area contributed by atoms with Gasteiger partial charge in [0.15, 0.2) is 11.5 Å². The summed E-state index contributed by atoms with van der Waals surface area (Å²) in [4.78, 5) is 25.1. The topological polar surface area (TPSA) is 63.0 Å². The molecule has 1 fully saturated rings. The average molecular weight is 317 g/mol. The van der Waals surface area contributed by atoms with Crippen LogP contribution in [0.1, 0.15) is 26.5 Å². The molecule has 0 atom stereocenters. The Morgan fingerprint density at radius 3 is 2.57 bits per heavy atom. The van der Waals surface area contributed by atoms with Crippen LogP contribution in [0.4, 0.5) is 10.6 Å². The minimum atomic E-state index is -0.464. The molecule has 1 aliphatic rings. The number of carbonyl (C=O) groups excluding carboxylic acids is 1. The van der Waals surface area contributed by atoms with E-state index in [-0.39, 0.29) is 6.09 Å². The van der Waals surface area contributed by atoms with Crippen molar-refractivity contribution >= 4 is 17.6 Å². The first-order chi connectivity index (χ1) is 10.8. The van der Waals surface area contributed by atoms with Crippen molar-refractivity contribution in [1.29, 1.82) is 0 Å². The van der Waals surface area contributed by atoms with Gasteiger partial charge < -0.3 is 18.9 Å². The molecule has 7 nitrogen and oxygen atoms in total. The molecule has 7 heteroatoms. The standard InChI is InChI=1S/C16H23N5O2/c1-12-11-21-6-5-17-13(21)14(18-12)19-7-9-20(10-8-19)15(22)23-16(2,3)4/h5-6,11H,7-10H2,1-4H3. The lowest BCUT2D eigenvalue weighted by atomic mass is 10.2. The highest BCUT2D eigenvalue weighted by atomic mass is 16.6. The van der Waals surface area contributed by atoms with Crippen molar-refractivity contribution in [2.75, 3.05) is 31.1 Å². The van der Waals surface area contributed by atoms with Gasteiger partial charge in [-0.15, -0.1) is 0 Å². The van der Waals surface area contributed by atoms with Crippen LogP contribution in [0.25, 0.3) is 5.65 Å². The third kappa shape index (κ3) is 3.38. The van der Waals surface area contributed by atoms with Crippen LogP contribution in [-0.4, -0.2) is 57.1 Å². The number of hydrogen-bond donors (Lipinski definition) is 0. The van der Waals surface area contributed by atoms with Crippen molar-refractivity contribution in [3.8, 4) is 0 Å². The molecule has 2 aromatic heterocycles. The Kier molecular flexibility index (Phi) is 3.87.